The van der Waals surface area contributed by atoms with Gasteiger partial charge in [0.25, 0.3) is 0 Å². The van der Waals surface area contributed by atoms with Gasteiger partial charge in [0.1, 0.15) is 0 Å². The van der Waals surface area contributed by atoms with Crippen LogP contribution in [0.25, 0.3) is 10.9 Å². The van der Waals surface area contributed by atoms with Crippen LogP contribution in [0.4, 0.5) is 0 Å². The van der Waals surface area contributed by atoms with Crippen molar-refractivity contribution in [1.29, 1.82) is 0 Å². The average Bonchev–Trinajstić information content (AvgIpc) is 3.00. The molecule has 1 aromatic carbocycles. The summed E-state index contributed by atoms with van der Waals surface area (Å²) in [5.74, 6) is -0.987. The van der Waals surface area contributed by atoms with E-state index in [1.54, 1.807) is 10.7 Å². The molecule has 5 heteroatoms. The van der Waals surface area contributed by atoms with Crippen LogP contribution in [0.5, 0.6) is 0 Å². The average molecular weight is 269 g/mol. The summed E-state index contributed by atoms with van der Waals surface area (Å²) in [4.78, 5) is 14.1. The molecule has 0 atom stereocenters. The number of aromatic carboxylic acids is 1. The molecule has 0 saturated heterocycles. The van der Waals surface area contributed by atoms with Gasteiger partial charge < -0.3 is 10.1 Å². The Kier molecular flexibility index (Phi) is 3.02. The lowest BCUT2D eigenvalue weighted by atomic mass is 10.1. The Hall–Kier alpha value is -2.56. The lowest BCUT2D eigenvalue weighted by molar-refractivity contribution is 0.0689. The minimum Gasteiger partial charge on any atom is -0.476 e. The fourth-order valence-electron chi connectivity index (χ4n) is 2.41. The van der Waals surface area contributed by atoms with Crippen LogP contribution in [0.1, 0.15) is 21.7 Å². The number of hydrogen-bond donors (Lipinski definition) is 2. The fourth-order valence-corrected chi connectivity index (χ4v) is 2.41. The molecule has 3 rings (SSSR count). The maximum atomic E-state index is 10.9. The van der Waals surface area contributed by atoms with Crippen LogP contribution < -0.4 is 0 Å². The molecule has 0 aliphatic rings. The quantitative estimate of drug-likeness (QED) is 0.764. The largest absolute Gasteiger partial charge is 0.476 e. The second-order valence-corrected chi connectivity index (χ2v) is 4.81. The zero-order valence-electron chi connectivity index (χ0n) is 11.1. The molecule has 0 aliphatic carbocycles. The van der Waals surface area contributed by atoms with Crippen molar-refractivity contribution in [1.82, 2.24) is 14.8 Å². The van der Waals surface area contributed by atoms with Crippen molar-refractivity contribution in [3.63, 3.8) is 0 Å². The first kappa shape index (κ1) is 12.5. The minimum atomic E-state index is -0.987. The standard InChI is InChI=1S/C15H15N3O2/c1-10-8-14(15(19)20)17-18(10)7-6-11-9-16-13-5-3-2-4-12(11)13/h2-5,8-9,16H,6-7H2,1H3,(H,19,20). The predicted molar refractivity (Wildman–Crippen MR) is 75.9 cm³/mol. The summed E-state index contributed by atoms with van der Waals surface area (Å²) in [6, 6.07) is 9.73. The summed E-state index contributed by atoms with van der Waals surface area (Å²) < 4.78 is 1.74. The smallest absolute Gasteiger partial charge is 0.356 e. The highest BCUT2D eigenvalue weighted by atomic mass is 16.4. The number of fused-ring (bicyclic) bond motifs is 1. The van der Waals surface area contributed by atoms with Gasteiger partial charge in [-0.25, -0.2) is 4.79 Å². The van der Waals surface area contributed by atoms with Crippen molar-refractivity contribution in [3.8, 4) is 0 Å². The van der Waals surface area contributed by atoms with Crippen molar-refractivity contribution < 1.29 is 9.90 Å². The molecule has 0 fully saturated rings. The highest BCUT2D eigenvalue weighted by Crippen LogP contribution is 2.18. The molecule has 0 saturated carbocycles. The molecule has 2 aromatic heterocycles. The van der Waals surface area contributed by atoms with Gasteiger partial charge >= 0.3 is 5.97 Å². The molecule has 0 bridgehead atoms. The highest BCUT2D eigenvalue weighted by Gasteiger charge is 2.11. The molecule has 102 valence electrons. The van der Waals surface area contributed by atoms with E-state index in [2.05, 4.69) is 16.1 Å². The van der Waals surface area contributed by atoms with Crippen LogP contribution in [0.2, 0.25) is 0 Å². The Labute approximate surface area is 115 Å². The summed E-state index contributed by atoms with van der Waals surface area (Å²) in [7, 11) is 0. The Morgan fingerprint density at radius 3 is 2.95 bits per heavy atom. The lowest BCUT2D eigenvalue weighted by Crippen LogP contribution is -2.06. The molecular weight excluding hydrogens is 254 g/mol. The number of benzene rings is 1. The van der Waals surface area contributed by atoms with Crippen LogP contribution in [-0.4, -0.2) is 25.8 Å². The van der Waals surface area contributed by atoms with Gasteiger partial charge in [-0.2, -0.15) is 5.10 Å². The highest BCUT2D eigenvalue weighted by molar-refractivity contribution is 5.85. The summed E-state index contributed by atoms with van der Waals surface area (Å²) in [6.07, 6.45) is 2.81. The van der Waals surface area contributed by atoms with Gasteiger partial charge in [0.2, 0.25) is 0 Å². The first-order valence-corrected chi connectivity index (χ1v) is 6.48. The zero-order valence-corrected chi connectivity index (χ0v) is 11.1. The van der Waals surface area contributed by atoms with E-state index in [-0.39, 0.29) is 5.69 Å². The maximum Gasteiger partial charge on any atom is 0.356 e. The predicted octanol–water partition coefficient (Wildman–Crippen LogP) is 2.61. The molecule has 2 heterocycles. The normalized spacial score (nSPS) is 11.1. The number of carboxylic acid groups (broad SMARTS) is 1. The summed E-state index contributed by atoms with van der Waals surface area (Å²) >= 11 is 0. The third-order valence-electron chi connectivity index (χ3n) is 3.47. The number of rotatable bonds is 4. The molecule has 3 aromatic rings. The second-order valence-electron chi connectivity index (χ2n) is 4.81. The van der Waals surface area contributed by atoms with E-state index in [0.717, 1.165) is 17.6 Å². The van der Waals surface area contributed by atoms with Crippen LogP contribution >= 0.6 is 0 Å². The van der Waals surface area contributed by atoms with Crippen molar-refractivity contribution in [2.75, 3.05) is 0 Å². The molecule has 0 amide bonds. The number of nitrogens with zero attached hydrogens (tertiary/aromatic N) is 2. The second kappa shape index (κ2) is 4.85. The number of H-pyrrole nitrogens is 1. The third kappa shape index (κ3) is 2.18. The molecule has 0 unspecified atom stereocenters. The Morgan fingerprint density at radius 2 is 2.20 bits per heavy atom. The first-order valence-electron chi connectivity index (χ1n) is 6.48. The summed E-state index contributed by atoms with van der Waals surface area (Å²) in [6.45, 7) is 2.54. The molecular formula is C15H15N3O2. The van der Waals surface area contributed by atoms with Gasteiger partial charge in [0, 0.05) is 29.3 Å². The number of hydrogen-bond acceptors (Lipinski definition) is 2. The molecule has 0 spiro atoms. The van der Waals surface area contributed by atoms with Crippen LogP contribution in [-0.2, 0) is 13.0 Å². The Morgan fingerprint density at radius 1 is 1.40 bits per heavy atom. The van der Waals surface area contributed by atoms with E-state index in [9.17, 15) is 4.79 Å². The van der Waals surface area contributed by atoms with E-state index >= 15 is 0 Å². The Bertz CT molecular complexity index is 770. The van der Waals surface area contributed by atoms with Gasteiger partial charge in [0.05, 0.1) is 0 Å². The van der Waals surface area contributed by atoms with Gasteiger partial charge in [-0.1, -0.05) is 18.2 Å². The van der Waals surface area contributed by atoms with E-state index < -0.39 is 5.97 Å². The lowest BCUT2D eigenvalue weighted by Gasteiger charge is -2.03. The number of nitrogens with one attached hydrogen (secondary N) is 1. The van der Waals surface area contributed by atoms with E-state index in [0.29, 0.717) is 6.54 Å². The number of aromatic amines is 1. The van der Waals surface area contributed by atoms with Gasteiger partial charge in [-0.3, -0.25) is 4.68 Å². The zero-order chi connectivity index (χ0) is 14.1. The molecule has 2 N–H and O–H groups in total. The number of aromatic nitrogens is 3. The Balaban J connectivity index is 1.81. The molecule has 0 aliphatic heterocycles. The topological polar surface area (TPSA) is 70.9 Å². The van der Waals surface area contributed by atoms with Crippen molar-refractivity contribution >= 4 is 16.9 Å². The van der Waals surface area contributed by atoms with Gasteiger partial charge in [0.15, 0.2) is 5.69 Å². The molecule has 20 heavy (non-hydrogen) atoms. The summed E-state index contributed by atoms with van der Waals surface area (Å²) in [5.41, 5.74) is 3.29. The number of carbonyl (C=O) groups is 1. The van der Waals surface area contributed by atoms with Crippen molar-refractivity contribution in [2.45, 2.75) is 19.9 Å². The van der Waals surface area contributed by atoms with Gasteiger partial charge in [-0.05, 0) is 31.0 Å². The van der Waals surface area contributed by atoms with E-state index in [1.165, 1.54) is 10.9 Å². The SMILES string of the molecule is Cc1cc(C(=O)O)nn1CCc1c[nH]c2ccccc12. The van der Waals surface area contributed by atoms with Crippen molar-refractivity contribution in [3.05, 3.63) is 53.5 Å². The molecule has 5 nitrogen and oxygen atoms in total. The van der Waals surface area contributed by atoms with Crippen LogP contribution in [0.15, 0.2) is 36.5 Å². The summed E-state index contributed by atoms with van der Waals surface area (Å²) in [5, 5.41) is 14.2. The third-order valence-corrected chi connectivity index (χ3v) is 3.47. The fraction of sp³-hybridized carbons (Fsp3) is 0.200. The van der Waals surface area contributed by atoms with E-state index in [1.807, 2.05) is 31.3 Å². The van der Waals surface area contributed by atoms with Crippen LogP contribution in [0.3, 0.4) is 0 Å². The van der Waals surface area contributed by atoms with Crippen molar-refractivity contribution in [2.24, 2.45) is 0 Å². The van der Waals surface area contributed by atoms with E-state index in [4.69, 9.17) is 5.11 Å². The monoisotopic (exact) mass is 269 g/mol. The maximum absolute atomic E-state index is 10.9. The number of para-hydroxylation sites is 1. The van der Waals surface area contributed by atoms with Crippen LogP contribution in [0, 0.1) is 6.92 Å². The number of aryl methyl sites for hydroxylation is 3. The number of carboxylic acids is 1. The van der Waals surface area contributed by atoms with Gasteiger partial charge in [-0.15, -0.1) is 0 Å². The molecule has 0 radical (unpaired) electrons. The first-order chi connectivity index (χ1) is 9.65. The minimum absolute atomic E-state index is 0.0985.